The first-order chi connectivity index (χ1) is 7.86. The fourth-order valence-corrected chi connectivity index (χ4v) is 2.89. The summed E-state index contributed by atoms with van der Waals surface area (Å²) in [7, 11) is 0. The van der Waals surface area contributed by atoms with Gasteiger partial charge in [0.05, 0.1) is 0 Å². The summed E-state index contributed by atoms with van der Waals surface area (Å²) in [5, 5.41) is 0. The van der Waals surface area contributed by atoms with Crippen molar-refractivity contribution in [3.63, 3.8) is 0 Å². The van der Waals surface area contributed by atoms with E-state index >= 15 is 0 Å². The molecule has 0 spiro atoms. The minimum absolute atomic E-state index is 0.981. The Hall–Kier alpha value is -0.260. The predicted octanol–water partition coefficient (Wildman–Crippen LogP) is 5.87. The first-order valence-corrected chi connectivity index (χ1v) is 7.54. The van der Waals surface area contributed by atoms with Gasteiger partial charge in [0.2, 0.25) is 0 Å². The molecule has 0 radical (unpaired) electrons. The standard InChI is InChI=1S/C16H30/c1-3-5-11-15(10-4-2)14-16-12-8-6-7-9-13-16/h12,15H,3-11,13-14H2,1-2H3. The van der Waals surface area contributed by atoms with Gasteiger partial charge in [0.1, 0.15) is 0 Å². The summed E-state index contributed by atoms with van der Waals surface area (Å²) in [6.07, 6.45) is 18.1. The molecule has 0 bridgehead atoms. The van der Waals surface area contributed by atoms with E-state index in [2.05, 4.69) is 19.9 Å². The van der Waals surface area contributed by atoms with Gasteiger partial charge in [-0.25, -0.2) is 0 Å². The van der Waals surface area contributed by atoms with Crippen LogP contribution >= 0.6 is 0 Å². The molecule has 16 heavy (non-hydrogen) atoms. The van der Waals surface area contributed by atoms with Crippen molar-refractivity contribution in [1.29, 1.82) is 0 Å². The summed E-state index contributed by atoms with van der Waals surface area (Å²) in [5.41, 5.74) is 1.78. The van der Waals surface area contributed by atoms with E-state index in [0.29, 0.717) is 0 Å². The average molecular weight is 222 g/mol. The Morgan fingerprint density at radius 2 is 1.94 bits per heavy atom. The van der Waals surface area contributed by atoms with Gasteiger partial charge in [-0.2, -0.15) is 0 Å². The molecule has 1 aliphatic carbocycles. The van der Waals surface area contributed by atoms with Crippen molar-refractivity contribution >= 4 is 0 Å². The molecule has 94 valence electrons. The van der Waals surface area contributed by atoms with Crippen LogP contribution in [0.3, 0.4) is 0 Å². The third-order valence-electron chi connectivity index (χ3n) is 3.85. The minimum atomic E-state index is 0.981. The Labute approximate surface area is 103 Å². The zero-order valence-electron chi connectivity index (χ0n) is 11.4. The van der Waals surface area contributed by atoms with Crippen molar-refractivity contribution in [3.05, 3.63) is 11.6 Å². The maximum absolute atomic E-state index is 2.56. The molecular weight excluding hydrogens is 192 g/mol. The molecule has 0 amide bonds. The molecule has 1 rings (SSSR count). The zero-order valence-corrected chi connectivity index (χ0v) is 11.4. The molecule has 0 aromatic heterocycles. The van der Waals surface area contributed by atoms with E-state index in [0.717, 1.165) is 5.92 Å². The van der Waals surface area contributed by atoms with Gasteiger partial charge in [0.25, 0.3) is 0 Å². The number of hydrogen-bond acceptors (Lipinski definition) is 0. The van der Waals surface area contributed by atoms with Crippen molar-refractivity contribution in [3.8, 4) is 0 Å². The topological polar surface area (TPSA) is 0 Å². The van der Waals surface area contributed by atoms with Crippen LogP contribution in [0.2, 0.25) is 0 Å². The van der Waals surface area contributed by atoms with Crippen LogP contribution in [0.5, 0.6) is 0 Å². The molecule has 0 nitrogen and oxygen atoms in total. The molecular formula is C16H30. The van der Waals surface area contributed by atoms with Crippen LogP contribution in [0.15, 0.2) is 11.6 Å². The molecule has 0 saturated heterocycles. The lowest BCUT2D eigenvalue weighted by Crippen LogP contribution is -2.02. The maximum Gasteiger partial charge on any atom is -0.0292 e. The summed E-state index contributed by atoms with van der Waals surface area (Å²) in [5.74, 6) is 0.981. The third-order valence-corrected chi connectivity index (χ3v) is 3.85. The molecule has 1 unspecified atom stereocenters. The van der Waals surface area contributed by atoms with Gasteiger partial charge in [0.15, 0.2) is 0 Å². The van der Waals surface area contributed by atoms with Gasteiger partial charge in [0, 0.05) is 0 Å². The maximum atomic E-state index is 2.56. The number of unbranched alkanes of at least 4 members (excludes halogenated alkanes) is 1. The molecule has 0 aromatic rings. The van der Waals surface area contributed by atoms with Gasteiger partial charge in [-0.3, -0.25) is 0 Å². The SMILES string of the molecule is CCCCC(CCC)CC1=CCCCCC1. The Bertz CT molecular complexity index is 190. The molecule has 0 N–H and O–H groups in total. The molecule has 0 aromatic carbocycles. The van der Waals surface area contributed by atoms with Gasteiger partial charge in [-0.1, -0.05) is 64.0 Å². The molecule has 0 saturated carbocycles. The second-order valence-electron chi connectivity index (χ2n) is 5.46. The van der Waals surface area contributed by atoms with Crippen LogP contribution in [0.1, 0.15) is 84.5 Å². The summed E-state index contributed by atoms with van der Waals surface area (Å²) < 4.78 is 0. The molecule has 0 heterocycles. The highest BCUT2D eigenvalue weighted by molar-refractivity contribution is 5.04. The predicted molar refractivity (Wildman–Crippen MR) is 73.7 cm³/mol. The molecule has 0 fully saturated rings. The van der Waals surface area contributed by atoms with E-state index in [1.54, 1.807) is 5.57 Å². The van der Waals surface area contributed by atoms with E-state index in [9.17, 15) is 0 Å². The van der Waals surface area contributed by atoms with Crippen LogP contribution in [-0.2, 0) is 0 Å². The van der Waals surface area contributed by atoms with Crippen LogP contribution in [0.4, 0.5) is 0 Å². The van der Waals surface area contributed by atoms with Gasteiger partial charge in [-0.05, 0) is 38.0 Å². The van der Waals surface area contributed by atoms with Gasteiger partial charge >= 0.3 is 0 Å². The Morgan fingerprint density at radius 3 is 2.69 bits per heavy atom. The van der Waals surface area contributed by atoms with Crippen LogP contribution in [0, 0.1) is 5.92 Å². The van der Waals surface area contributed by atoms with E-state index in [-0.39, 0.29) is 0 Å². The van der Waals surface area contributed by atoms with E-state index in [1.807, 2.05) is 0 Å². The highest BCUT2D eigenvalue weighted by Gasteiger charge is 2.11. The summed E-state index contributed by atoms with van der Waals surface area (Å²) >= 11 is 0. The van der Waals surface area contributed by atoms with Crippen molar-refractivity contribution in [2.45, 2.75) is 84.5 Å². The van der Waals surface area contributed by atoms with Gasteiger partial charge in [-0.15, -0.1) is 0 Å². The largest absolute Gasteiger partial charge is 0.0853 e. The summed E-state index contributed by atoms with van der Waals surface area (Å²) in [6, 6.07) is 0. The molecule has 1 atom stereocenters. The van der Waals surface area contributed by atoms with Crippen LogP contribution in [-0.4, -0.2) is 0 Å². The zero-order chi connectivity index (χ0) is 11.6. The lowest BCUT2D eigenvalue weighted by Gasteiger charge is -2.17. The highest BCUT2D eigenvalue weighted by Crippen LogP contribution is 2.28. The lowest BCUT2D eigenvalue weighted by atomic mass is 9.89. The number of rotatable bonds is 7. The third kappa shape index (κ3) is 5.72. The van der Waals surface area contributed by atoms with Crippen LogP contribution < -0.4 is 0 Å². The first kappa shape index (κ1) is 13.8. The average Bonchev–Trinajstić information content (AvgIpc) is 2.55. The van der Waals surface area contributed by atoms with E-state index in [4.69, 9.17) is 0 Å². The molecule has 0 aliphatic heterocycles. The normalized spacial score (nSPS) is 19.0. The second kappa shape index (κ2) is 8.84. The summed E-state index contributed by atoms with van der Waals surface area (Å²) in [6.45, 7) is 4.65. The quantitative estimate of drug-likeness (QED) is 0.472. The Morgan fingerprint density at radius 1 is 1.06 bits per heavy atom. The smallest absolute Gasteiger partial charge is 0.0292 e. The molecule has 1 aliphatic rings. The Kier molecular flexibility index (Phi) is 7.63. The van der Waals surface area contributed by atoms with Crippen molar-refractivity contribution in [1.82, 2.24) is 0 Å². The van der Waals surface area contributed by atoms with Crippen molar-refractivity contribution < 1.29 is 0 Å². The monoisotopic (exact) mass is 222 g/mol. The fraction of sp³-hybridized carbons (Fsp3) is 0.875. The van der Waals surface area contributed by atoms with Crippen molar-refractivity contribution in [2.75, 3.05) is 0 Å². The minimum Gasteiger partial charge on any atom is -0.0853 e. The summed E-state index contributed by atoms with van der Waals surface area (Å²) in [4.78, 5) is 0. The number of hydrogen-bond donors (Lipinski definition) is 0. The second-order valence-corrected chi connectivity index (χ2v) is 5.46. The van der Waals surface area contributed by atoms with Crippen molar-refractivity contribution in [2.24, 2.45) is 5.92 Å². The van der Waals surface area contributed by atoms with E-state index < -0.39 is 0 Å². The Balaban J connectivity index is 2.35. The molecule has 0 heteroatoms. The highest BCUT2D eigenvalue weighted by atomic mass is 14.2. The lowest BCUT2D eigenvalue weighted by molar-refractivity contribution is 0.421. The van der Waals surface area contributed by atoms with Crippen LogP contribution in [0.25, 0.3) is 0 Å². The fourth-order valence-electron chi connectivity index (χ4n) is 2.89. The van der Waals surface area contributed by atoms with E-state index in [1.165, 1.54) is 70.6 Å². The van der Waals surface area contributed by atoms with Gasteiger partial charge < -0.3 is 0 Å². The first-order valence-electron chi connectivity index (χ1n) is 7.54. The number of allylic oxidation sites excluding steroid dienone is 2.